The summed E-state index contributed by atoms with van der Waals surface area (Å²) in [5, 5.41) is 2.64. The summed E-state index contributed by atoms with van der Waals surface area (Å²) in [5.74, 6) is 5.22. The van der Waals surface area contributed by atoms with Gasteiger partial charge in [0.2, 0.25) is 0 Å². The van der Waals surface area contributed by atoms with Crippen molar-refractivity contribution in [2.45, 2.75) is 37.5 Å². The molecule has 13 rings (SSSR count). The first-order valence-corrected chi connectivity index (χ1v) is 20.4. The lowest BCUT2D eigenvalue weighted by Crippen LogP contribution is -2.55. The molecule has 0 atom stereocenters. The van der Waals surface area contributed by atoms with Crippen LogP contribution >= 0.6 is 0 Å². The number of benzene rings is 7. The highest BCUT2D eigenvalue weighted by Crippen LogP contribution is 2.70. The fourth-order valence-electron chi connectivity index (χ4n) is 11.8. The lowest BCUT2D eigenvalue weighted by atomic mass is 9.43. The molecule has 1 aromatic heterocycles. The number of nitrogens with zero attached hydrogens (tertiary/aromatic N) is 3. The predicted octanol–water partition coefficient (Wildman–Crippen LogP) is 13.1. The highest BCUT2D eigenvalue weighted by atomic mass is 15.0. The molecule has 8 aromatic rings. The van der Waals surface area contributed by atoms with Crippen molar-refractivity contribution in [1.82, 2.24) is 15.0 Å². The second kappa shape index (κ2) is 12.4. The third kappa shape index (κ3) is 4.86. The fourth-order valence-corrected chi connectivity index (χ4v) is 11.8. The van der Waals surface area contributed by atoms with Crippen molar-refractivity contribution >= 4 is 10.8 Å². The summed E-state index contributed by atoms with van der Waals surface area (Å²) in [6.07, 6.45) is 6.83. The molecule has 0 radical (unpaired) electrons. The summed E-state index contributed by atoms with van der Waals surface area (Å²) in [4.78, 5) is 16.0. The van der Waals surface area contributed by atoms with E-state index in [9.17, 15) is 0 Å². The normalized spacial score (nSPS) is 22.7. The minimum atomic E-state index is 0.0358. The van der Waals surface area contributed by atoms with Crippen molar-refractivity contribution in [3.05, 3.63) is 175 Å². The van der Waals surface area contributed by atoms with Crippen molar-refractivity contribution in [2.75, 3.05) is 0 Å². The van der Waals surface area contributed by atoms with Gasteiger partial charge in [-0.05, 0) is 129 Å². The first kappa shape index (κ1) is 32.1. The number of rotatable bonds is 5. The van der Waals surface area contributed by atoms with Crippen LogP contribution in [0.4, 0.5) is 0 Å². The molecule has 7 aromatic carbocycles. The molecular formula is C53H41N3. The van der Waals surface area contributed by atoms with Crippen LogP contribution in [-0.2, 0) is 5.41 Å². The van der Waals surface area contributed by atoms with Gasteiger partial charge in [-0.1, -0.05) is 146 Å². The minimum Gasteiger partial charge on any atom is -0.208 e. The summed E-state index contributed by atoms with van der Waals surface area (Å²) < 4.78 is 0. The number of fused-ring (bicyclic) bond motifs is 4. The van der Waals surface area contributed by atoms with Gasteiger partial charge in [-0.2, -0.15) is 0 Å². The summed E-state index contributed by atoms with van der Waals surface area (Å²) in [6.45, 7) is 0. The van der Waals surface area contributed by atoms with Crippen molar-refractivity contribution in [3.8, 4) is 67.5 Å². The largest absolute Gasteiger partial charge is 0.208 e. The number of aromatic nitrogens is 3. The average molecular weight is 720 g/mol. The van der Waals surface area contributed by atoms with Crippen LogP contribution in [0.5, 0.6) is 0 Å². The third-order valence-corrected chi connectivity index (χ3v) is 13.9. The Hall–Kier alpha value is -6.19. The maximum absolute atomic E-state index is 5.41. The van der Waals surface area contributed by atoms with Gasteiger partial charge in [0.1, 0.15) is 0 Å². The van der Waals surface area contributed by atoms with Crippen molar-refractivity contribution < 1.29 is 0 Å². The Morgan fingerprint density at radius 1 is 0.357 bits per heavy atom. The molecule has 4 fully saturated rings. The van der Waals surface area contributed by atoms with E-state index in [-0.39, 0.29) is 5.41 Å². The smallest absolute Gasteiger partial charge is 0.164 e. The highest BCUT2D eigenvalue weighted by Gasteiger charge is 2.62. The highest BCUT2D eigenvalue weighted by molar-refractivity contribution is 5.98. The second-order valence-corrected chi connectivity index (χ2v) is 16.8. The summed E-state index contributed by atoms with van der Waals surface area (Å²) in [7, 11) is 0. The van der Waals surface area contributed by atoms with Crippen LogP contribution in [0.2, 0.25) is 0 Å². The molecule has 0 saturated heterocycles. The molecule has 3 nitrogen and oxygen atoms in total. The van der Waals surface area contributed by atoms with Crippen LogP contribution in [0.3, 0.4) is 0 Å². The zero-order valence-electron chi connectivity index (χ0n) is 31.3. The Morgan fingerprint density at radius 2 is 0.875 bits per heavy atom. The van der Waals surface area contributed by atoms with E-state index in [2.05, 4.69) is 164 Å². The number of hydrogen-bond acceptors (Lipinski definition) is 3. The van der Waals surface area contributed by atoms with Crippen LogP contribution < -0.4 is 0 Å². The maximum atomic E-state index is 5.41. The molecular weight excluding hydrogens is 679 g/mol. The Kier molecular flexibility index (Phi) is 7.11. The Labute approximate surface area is 328 Å². The van der Waals surface area contributed by atoms with Crippen molar-refractivity contribution in [3.63, 3.8) is 0 Å². The Morgan fingerprint density at radius 3 is 1.57 bits per heavy atom. The molecule has 3 heteroatoms. The molecule has 0 amide bonds. The molecule has 0 N–H and O–H groups in total. The van der Waals surface area contributed by atoms with Gasteiger partial charge in [-0.25, -0.2) is 15.0 Å². The summed E-state index contributed by atoms with van der Waals surface area (Å²) >= 11 is 0. The second-order valence-electron chi connectivity index (χ2n) is 16.8. The van der Waals surface area contributed by atoms with Gasteiger partial charge in [0.05, 0.1) is 0 Å². The van der Waals surface area contributed by atoms with E-state index in [4.69, 9.17) is 15.0 Å². The minimum absolute atomic E-state index is 0.0358. The van der Waals surface area contributed by atoms with E-state index in [0.717, 1.165) is 39.9 Å². The fraction of sp³-hybridized carbons (Fsp3) is 0.189. The van der Waals surface area contributed by atoms with E-state index >= 15 is 0 Å². The van der Waals surface area contributed by atoms with E-state index in [1.807, 2.05) is 0 Å². The maximum Gasteiger partial charge on any atom is 0.164 e. The lowest BCUT2D eigenvalue weighted by Gasteiger charge is -2.61. The third-order valence-electron chi connectivity index (χ3n) is 13.9. The molecule has 56 heavy (non-hydrogen) atoms. The van der Waals surface area contributed by atoms with Crippen LogP contribution in [-0.4, -0.2) is 15.0 Å². The van der Waals surface area contributed by atoms with Crippen molar-refractivity contribution in [1.29, 1.82) is 0 Å². The van der Waals surface area contributed by atoms with Gasteiger partial charge in [0.15, 0.2) is 17.5 Å². The monoisotopic (exact) mass is 719 g/mol. The topological polar surface area (TPSA) is 38.7 Å². The molecule has 4 saturated carbocycles. The zero-order chi connectivity index (χ0) is 36.8. The van der Waals surface area contributed by atoms with Crippen LogP contribution in [0.25, 0.3) is 78.3 Å². The Bertz CT molecular complexity index is 2780. The van der Waals surface area contributed by atoms with Gasteiger partial charge in [-0.3, -0.25) is 0 Å². The molecule has 0 aliphatic heterocycles. The molecule has 5 aliphatic rings. The molecule has 1 spiro atoms. The Balaban J connectivity index is 1.08. The first-order chi connectivity index (χ1) is 27.7. The lowest BCUT2D eigenvalue weighted by molar-refractivity contribution is -0.0398. The van der Waals surface area contributed by atoms with Gasteiger partial charge < -0.3 is 0 Å². The van der Waals surface area contributed by atoms with E-state index in [0.29, 0.717) is 23.5 Å². The average Bonchev–Trinajstić information content (AvgIpc) is 3.54. The predicted molar refractivity (Wildman–Crippen MR) is 228 cm³/mol. The molecule has 0 unspecified atom stereocenters. The summed E-state index contributed by atoms with van der Waals surface area (Å²) in [6, 6.07) is 59.5. The molecule has 268 valence electrons. The van der Waals surface area contributed by atoms with Crippen molar-refractivity contribution in [2.24, 2.45) is 23.7 Å². The van der Waals surface area contributed by atoms with Gasteiger partial charge in [-0.15, -0.1) is 0 Å². The van der Waals surface area contributed by atoms with Crippen LogP contribution in [0.15, 0.2) is 164 Å². The van der Waals surface area contributed by atoms with Crippen LogP contribution in [0, 0.1) is 23.7 Å². The quantitative estimate of drug-likeness (QED) is 0.178. The van der Waals surface area contributed by atoms with Gasteiger partial charge >= 0.3 is 0 Å². The first-order valence-electron chi connectivity index (χ1n) is 20.4. The SMILES string of the molecule is c1ccc(-c2ccc(-c3nc(-c4cccc(-c5ccccc5)c4)nc(-c4cccc5c4-c4cc6ccccc6cc4C54C5CC6CC(C5)CC4C6)n3)cc2)cc1. The van der Waals surface area contributed by atoms with Gasteiger partial charge in [0, 0.05) is 22.1 Å². The summed E-state index contributed by atoms with van der Waals surface area (Å²) in [5.41, 5.74) is 13.6. The van der Waals surface area contributed by atoms with E-state index in [1.54, 1.807) is 5.56 Å². The standard InChI is InChI=1S/C53H41N3/c1-3-11-35(12-4-1)37-21-23-38(24-22-37)50-54-51(42-18-9-17-39(30-42)36-13-5-2-6-14-36)56-52(55-50)45-19-10-20-47-49(45)46-31-40-15-7-8-16-41(40)32-48(46)53(47)43-26-33-25-34(28-43)29-44(53)27-33/h1-24,30-34,43-44H,25-29H2. The number of hydrogen-bond donors (Lipinski definition) is 0. The zero-order valence-corrected chi connectivity index (χ0v) is 31.3. The molecule has 4 bridgehead atoms. The molecule has 1 heterocycles. The van der Waals surface area contributed by atoms with E-state index in [1.165, 1.54) is 76.3 Å². The van der Waals surface area contributed by atoms with E-state index < -0.39 is 0 Å². The molecule has 5 aliphatic carbocycles. The van der Waals surface area contributed by atoms with Crippen LogP contribution in [0.1, 0.15) is 43.2 Å². The van der Waals surface area contributed by atoms with Gasteiger partial charge in [0.25, 0.3) is 0 Å².